The summed E-state index contributed by atoms with van der Waals surface area (Å²) in [6.07, 6.45) is 0.858. The lowest BCUT2D eigenvalue weighted by molar-refractivity contribution is -0.139. The number of carboxylic acids is 1. The van der Waals surface area contributed by atoms with Crippen molar-refractivity contribution in [2.24, 2.45) is 0 Å². The summed E-state index contributed by atoms with van der Waals surface area (Å²) in [6.45, 7) is 4.37. The molecule has 8 nitrogen and oxygen atoms in total. The second kappa shape index (κ2) is 8.64. The van der Waals surface area contributed by atoms with Crippen molar-refractivity contribution >= 4 is 29.3 Å². The van der Waals surface area contributed by atoms with Gasteiger partial charge in [0.05, 0.1) is 0 Å². The van der Waals surface area contributed by atoms with Crippen molar-refractivity contribution in [2.45, 2.75) is 20.3 Å². The number of anilines is 2. The third kappa shape index (κ3) is 4.84. The summed E-state index contributed by atoms with van der Waals surface area (Å²) >= 11 is 0. The van der Waals surface area contributed by atoms with Crippen molar-refractivity contribution < 1.29 is 24.2 Å². The van der Waals surface area contributed by atoms with Crippen LogP contribution in [0.25, 0.3) is 0 Å². The number of nitrogens with one attached hydrogen (secondary N) is 2. The molecule has 0 aliphatic carbocycles. The predicted molar refractivity (Wildman–Crippen MR) is 109 cm³/mol. The number of hydrogen-bond donors (Lipinski definition) is 3. The van der Waals surface area contributed by atoms with Crippen molar-refractivity contribution in [3.05, 3.63) is 53.1 Å². The van der Waals surface area contributed by atoms with Gasteiger partial charge in [0, 0.05) is 30.0 Å². The number of aliphatic carboxylic acids is 1. The summed E-state index contributed by atoms with van der Waals surface area (Å²) in [4.78, 5) is 37.1. The molecule has 0 radical (unpaired) electrons. The zero-order chi connectivity index (χ0) is 21.0. The minimum Gasteiger partial charge on any atom is -0.481 e. The van der Waals surface area contributed by atoms with E-state index in [1.807, 2.05) is 6.07 Å². The molecule has 0 spiro atoms. The Kier molecular flexibility index (Phi) is 6.01. The van der Waals surface area contributed by atoms with Crippen LogP contribution in [-0.4, -0.2) is 42.7 Å². The van der Waals surface area contributed by atoms with Gasteiger partial charge in [0.1, 0.15) is 5.75 Å². The molecule has 8 heteroatoms. The lowest BCUT2D eigenvalue weighted by atomic mass is 10.0. The van der Waals surface area contributed by atoms with E-state index in [0.717, 1.165) is 6.42 Å². The van der Waals surface area contributed by atoms with E-state index in [-0.39, 0.29) is 11.9 Å². The standard InChI is InChI=1S/C21H23N3O5/c1-13-9-15(10-14(2)19(13)29-12-18(25)26)20(27)23-16-5-3-6-17(11-16)24-8-4-7-22-21(24)28/h3,5-6,9-11H,4,7-8,12H2,1-2H3,(H,22,28)(H,23,27)(H,25,26). The first-order valence-corrected chi connectivity index (χ1v) is 9.28. The Labute approximate surface area is 168 Å². The maximum atomic E-state index is 12.7. The van der Waals surface area contributed by atoms with Gasteiger partial charge in [-0.25, -0.2) is 9.59 Å². The molecule has 1 saturated heterocycles. The van der Waals surface area contributed by atoms with E-state index in [0.29, 0.717) is 46.9 Å². The highest BCUT2D eigenvalue weighted by atomic mass is 16.5. The molecule has 1 aliphatic heterocycles. The Bertz CT molecular complexity index is 934. The first-order valence-electron chi connectivity index (χ1n) is 9.28. The number of aryl methyl sites for hydroxylation is 2. The third-order valence-electron chi connectivity index (χ3n) is 4.56. The number of carbonyl (C=O) groups excluding carboxylic acids is 2. The quantitative estimate of drug-likeness (QED) is 0.695. The van der Waals surface area contributed by atoms with Crippen LogP contribution in [0.3, 0.4) is 0 Å². The van der Waals surface area contributed by atoms with E-state index in [4.69, 9.17) is 9.84 Å². The Morgan fingerprint density at radius 3 is 2.59 bits per heavy atom. The van der Waals surface area contributed by atoms with Crippen LogP contribution in [-0.2, 0) is 4.79 Å². The zero-order valence-corrected chi connectivity index (χ0v) is 16.3. The number of ether oxygens (including phenoxy) is 1. The predicted octanol–water partition coefficient (Wildman–Crippen LogP) is 2.94. The van der Waals surface area contributed by atoms with Crippen LogP contribution >= 0.6 is 0 Å². The van der Waals surface area contributed by atoms with Crippen LogP contribution < -0.4 is 20.3 Å². The summed E-state index contributed by atoms with van der Waals surface area (Å²) in [6, 6.07) is 10.3. The highest BCUT2D eigenvalue weighted by molar-refractivity contribution is 6.05. The number of carboxylic acid groups (broad SMARTS) is 1. The molecule has 0 atom stereocenters. The molecule has 0 saturated carbocycles. The number of hydrogen-bond acceptors (Lipinski definition) is 4. The van der Waals surface area contributed by atoms with E-state index >= 15 is 0 Å². The van der Waals surface area contributed by atoms with Crippen LogP contribution in [0.1, 0.15) is 27.9 Å². The van der Waals surface area contributed by atoms with Crippen LogP contribution in [0, 0.1) is 13.8 Å². The molecular weight excluding hydrogens is 374 g/mol. The first kappa shape index (κ1) is 20.2. The topological polar surface area (TPSA) is 108 Å². The fraction of sp³-hybridized carbons (Fsp3) is 0.286. The number of urea groups is 1. The summed E-state index contributed by atoms with van der Waals surface area (Å²) in [5.74, 6) is -0.906. The van der Waals surface area contributed by atoms with E-state index in [1.54, 1.807) is 49.1 Å². The fourth-order valence-corrected chi connectivity index (χ4v) is 3.27. The summed E-state index contributed by atoms with van der Waals surface area (Å²) in [5, 5.41) is 14.4. The Morgan fingerprint density at radius 1 is 1.21 bits per heavy atom. The highest BCUT2D eigenvalue weighted by Gasteiger charge is 2.19. The molecule has 3 N–H and O–H groups in total. The smallest absolute Gasteiger partial charge is 0.341 e. The van der Waals surface area contributed by atoms with Gasteiger partial charge < -0.3 is 20.5 Å². The molecule has 3 amide bonds. The van der Waals surface area contributed by atoms with Crippen LogP contribution in [0.4, 0.5) is 16.2 Å². The maximum Gasteiger partial charge on any atom is 0.341 e. The van der Waals surface area contributed by atoms with Crippen molar-refractivity contribution in [3.63, 3.8) is 0 Å². The third-order valence-corrected chi connectivity index (χ3v) is 4.56. The normalized spacial score (nSPS) is 13.6. The van der Waals surface area contributed by atoms with Crippen molar-refractivity contribution in [1.29, 1.82) is 0 Å². The summed E-state index contributed by atoms with van der Waals surface area (Å²) < 4.78 is 5.30. The van der Waals surface area contributed by atoms with Crippen molar-refractivity contribution in [2.75, 3.05) is 29.9 Å². The molecule has 152 valence electrons. The van der Waals surface area contributed by atoms with Gasteiger partial charge in [-0.1, -0.05) is 6.07 Å². The molecule has 0 bridgehead atoms. The SMILES string of the molecule is Cc1cc(C(=O)Nc2cccc(N3CCCNC3=O)c2)cc(C)c1OCC(=O)O. The van der Waals surface area contributed by atoms with Crippen LogP contribution in [0.5, 0.6) is 5.75 Å². The van der Waals surface area contributed by atoms with E-state index < -0.39 is 12.6 Å². The number of rotatable bonds is 6. The molecule has 29 heavy (non-hydrogen) atoms. The highest BCUT2D eigenvalue weighted by Crippen LogP contribution is 2.26. The molecule has 0 unspecified atom stereocenters. The van der Waals surface area contributed by atoms with Gasteiger partial charge in [-0.15, -0.1) is 0 Å². The Hall–Kier alpha value is -3.55. The van der Waals surface area contributed by atoms with E-state index in [1.165, 1.54) is 0 Å². The van der Waals surface area contributed by atoms with Gasteiger partial charge in [0.25, 0.3) is 5.91 Å². The van der Waals surface area contributed by atoms with Crippen molar-refractivity contribution in [3.8, 4) is 5.75 Å². The molecular formula is C21H23N3O5. The molecule has 2 aromatic carbocycles. The molecule has 2 aromatic rings. The maximum absolute atomic E-state index is 12.7. The minimum atomic E-state index is -1.06. The second-order valence-electron chi connectivity index (χ2n) is 6.86. The summed E-state index contributed by atoms with van der Waals surface area (Å²) in [5.41, 5.74) is 3.08. The Morgan fingerprint density at radius 2 is 1.93 bits per heavy atom. The van der Waals surface area contributed by atoms with E-state index in [2.05, 4.69) is 10.6 Å². The first-order chi connectivity index (χ1) is 13.8. The van der Waals surface area contributed by atoms with Gasteiger partial charge >= 0.3 is 12.0 Å². The average molecular weight is 397 g/mol. The minimum absolute atomic E-state index is 0.150. The van der Waals surface area contributed by atoms with Gasteiger partial charge in [0.15, 0.2) is 6.61 Å². The van der Waals surface area contributed by atoms with E-state index in [9.17, 15) is 14.4 Å². The molecule has 1 fully saturated rings. The lowest BCUT2D eigenvalue weighted by Gasteiger charge is -2.27. The van der Waals surface area contributed by atoms with Gasteiger partial charge in [-0.2, -0.15) is 0 Å². The molecule has 3 rings (SSSR count). The molecule has 1 aliphatic rings. The largest absolute Gasteiger partial charge is 0.481 e. The second-order valence-corrected chi connectivity index (χ2v) is 6.86. The van der Waals surface area contributed by atoms with Gasteiger partial charge in [-0.3, -0.25) is 9.69 Å². The lowest BCUT2D eigenvalue weighted by Crippen LogP contribution is -2.46. The average Bonchev–Trinajstić information content (AvgIpc) is 2.67. The Balaban J connectivity index is 1.76. The van der Waals surface area contributed by atoms with Crippen molar-refractivity contribution in [1.82, 2.24) is 5.32 Å². The summed E-state index contributed by atoms with van der Waals surface area (Å²) in [7, 11) is 0. The van der Waals surface area contributed by atoms with Gasteiger partial charge in [-0.05, 0) is 61.7 Å². The fourth-order valence-electron chi connectivity index (χ4n) is 3.27. The molecule has 0 aromatic heterocycles. The van der Waals surface area contributed by atoms with Gasteiger partial charge in [0.2, 0.25) is 0 Å². The molecule has 1 heterocycles. The van der Waals surface area contributed by atoms with Crippen LogP contribution in [0.2, 0.25) is 0 Å². The number of benzene rings is 2. The zero-order valence-electron chi connectivity index (χ0n) is 16.3. The number of nitrogens with zero attached hydrogens (tertiary/aromatic N) is 1. The monoisotopic (exact) mass is 397 g/mol. The number of amides is 3. The van der Waals surface area contributed by atoms with Crippen LogP contribution in [0.15, 0.2) is 36.4 Å². The number of carbonyl (C=O) groups is 3.